The highest BCUT2D eigenvalue weighted by Crippen LogP contribution is 2.42. The van der Waals surface area contributed by atoms with E-state index < -0.39 is 11.6 Å². The number of nitrogens with one attached hydrogen (secondary N) is 1. The van der Waals surface area contributed by atoms with Gasteiger partial charge in [-0.3, -0.25) is 0 Å². The fraction of sp³-hybridized carbons (Fsp3) is 0.455. The first-order valence-electron chi connectivity index (χ1n) is 9.72. The monoisotopic (exact) mass is 412 g/mol. The molecule has 0 radical (unpaired) electrons. The Balaban J connectivity index is 1.77. The molecular weight excluding hydrogens is 388 g/mol. The first-order valence-corrected chi connectivity index (χ1v) is 10.5. The fourth-order valence-electron chi connectivity index (χ4n) is 3.31. The number of aromatic nitrogens is 1. The molecule has 1 unspecified atom stereocenters. The second-order valence-corrected chi connectivity index (χ2v) is 8.93. The van der Waals surface area contributed by atoms with Gasteiger partial charge in [-0.2, -0.15) is 0 Å². The summed E-state index contributed by atoms with van der Waals surface area (Å²) >= 11 is 1.35. The van der Waals surface area contributed by atoms with Crippen LogP contribution < -0.4 is 10.1 Å². The molecule has 2 aromatic rings. The summed E-state index contributed by atoms with van der Waals surface area (Å²) in [4.78, 5) is 17.7. The summed E-state index contributed by atoms with van der Waals surface area (Å²) in [6.45, 7) is 3.75. The standard InChI is InChI=1S/C22H24N2O4S/c1-22(2,26)10-9-13-7-8-17-15(11-13)18-19(29-20(24-18)21(25)27-3)16(12-28-17)23-14-5-4-6-14/h7-8,11,14,16,23,26H,4-6,12H2,1-3H3. The van der Waals surface area contributed by atoms with Crippen molar-refractivity contribution in [3.8, 4) is 28.8 Å². The summed E-state index contributed by atoms with van der Waals surface area (Å²) in [5.41, 5.74) is 1.20. The number of ether oxygens (including phenoxy) is 2. The molecule has 0 bridgehead atoms. The van der Waals surface area contributed by atoms with Gasteiger partial charge in [0.1, 0.15) is 18.0 Å². The fourth-order valence-corrected chi connectivity index (χ4v) is 4.35. The molecule has 0 spiro atoms. The van der Waals surface area contributed by atoms with E-state index in [1.54, 1.807) is 13.8 Å². The number of esters is 1. The molecule has 152 valence electrons. The SMILES string of the molecule is COC(=O)c1nc2c(s1)C(NC1CCC1)COc1ccc(C#CC(C)(C)O)cc1-2. The van der Waals surface area contributed by atoms with Gasteiger partial charge in [0.25, 0.3) is 0 Å². The van der Waals surface area contributed by atoms with Crippen molar-refractivity contribution in [2.24, 2.45) is 0 Å². The molecule has 4 rings (SSSR count). The van der Waals surface area contributed by atoms with Gasteiger partial charge in [0.05, 0.1) is 23.7 Å². The summed E-state index contributed by atoms with van der Waals surface area (Å²) in [7, 11) is 1.36. The number of benzene rings is 1. The predicted molar refractivity (Wildman–Crippen MR) is 111 cm³/mol. The Labute approximate surface area is 174 Å². The Kier molecular flexibility index (Phi) is 5.34. The maximum absolute atomic E-state index is 12.1. The molecule has 1 fully saturated rings. The van der Waals surface area contributed by atoms with Crippen LogP contribution in [0.2, 0.25) is 0 Å². The van der Waals surface area contributed by atoms with Crippen molar-refractivity contribution < 1.29 is 19.4 Å². The normalized spacial score (nSPS) is 18.3. The number of hydrogen-bond acceptors (Lipinski definition) is 7. The van der Waals surface area contributed by atoms with Gasteiger partial charge in [-0.05, 0) is 44.9 Å². The molecule has 1 atom stereocenters. The largest absolute Gasteiger partial charge is 0.491 e. The highest BCUT2D eigenvalue weighted by molar-refractivity contribution is 7.14. The van der Waals surface area contributed by atoms with E-state index in [1.807, 2.05) is 18.2 Å². The van der Waals surface area contributed by atoms with Crippen LogP contribution in [-0.2, 0) is 4.74 Å². The van der Waals surface area contributed by atoms with Crippen LogP contribution in [-0.4, -0.2) is 41.4 Å². The van der Waals surface area contributed by atoms with Gasteiger partial charge in [0.2, 0.25) is 5.01 Å². The van der Waals surface area contributed by atoms with E-state index in [2.05, 4.69) is 22.1 Å². The van der Waals surface area contributed by atoms with Gasteiger partial charge in [0.15, 0.2) is 0 Å². The Morgan fingerprint density at radius 3 is 2.86 bits per heavy atom. The van der Waals surface area contributed by atoms with Crippen molar-refractivity contribution in [3.63, 3.8) is 0 Å². The second-order valence-electron chi connectivity index (χ2n) is 7.90. The van der Waals surface area contributed by atoms with Crippen molar-refractivity contribution in [3.05, 3.63) is 33.6 Å². The van der Waals surface area contributed by atoms with Gasteiger partial charge in [-0.1, -0.05) is 18.3 Å². The van der Waals surface area contributed by atoms with E-state index in [4.69, 9.17) is 9.47 Å². The molecule has 2 N–H and O–H groups in total. The Morgan fingerprint density at radius 2 is 2.21 bits per heavy atom. The van der Waals surface area contributed by atoms with Crippen LogP contribution in [0.25, 0.3) is 11.3 Å². The molecule has 29 heavy (non-hydrogen) atoms. The van der Waals surface area contributed by atoms with E-state index in [0.29, 0.717) is 23.4 Å². The third-order valence-electron chi connectivity index (χ3n) is 5.02. The molecule has 0 amide bonds. The summed E-state index contributed by atoms with van der Waals surface area (Å²) in [6.07, 6.45) is 3.54. The maximum Gasteiger partial charge on any atom is 0.367 e. The van der Waals surface area contributed by atoms with Crippen LogP contribution >= 0.6 is 11.3 Å². The minimum Gasteiger partial charge on any atom is -0.491 e. The number of methoxy groups -OCH3 is 1. The van der Waals surface area contributed by atoms with Gasteiger partial charge < -0.3 is 19.9 Å². The van der Waals surface area contributed by atoms with E-state index in [0.717, 1.165) is 34.5 Å². The molecule has 1 aliphatic carbocycles. The van der Waals surface area contributed by atoms with E-state index in [-0.39, 0.29) is 6.04 Å². The highest BCUT2D eigenvalue weighted by atomic mass is 32.1. The van der Waals surface area contributed by atoms with Crippen LogP contribution in [0, 0.1) is 11.8 Å². The molecule has 0 saturated heterocycles. The number of nitrogens with zero attached hydrogens (tertiary/aromatic N) is 1. The molecule has 6 nitrogen and oxygen atoms in total. The third-order valence-corrected chi connectivity index (χ3v) is 6.17. The summed E-state index contributed by atoms with van der Waals surface area (Å²) in [5.74, 6) is 6.10. The van der Waals surface area contributed by atoms with Crippen LogP contribution in [0.1, 0.15) is 59.4 Å². The number of fused-ring (bicyclic) bond motifs is 3. The predicted octanol–water partition coefficient (Wildman–Crippen LogP) is 3.29. The summed E-state index contributed by atoms with van der Waals surface area (Å²) in [6, 6.07) is 6.07. The molecule has 1 aromatic carbocycles. The zero-order valence-corrected chi connectivity index (χ0v) is 17.6. The van der Waals surface area contributed by atoms with Crippen LogP contribution in [0.5, 0.6) is 5.75 Å². The van der Waals surface area contributed by atoms with Gasteiger partial charge in [-0.25, -0.2) is 9.78 Å². The zero-order valence-electron chi connectivity index (χ0n) is 16.7. The lowest BCUT2D eigenvalue weighted by Crippen LogP contribution is -2.39. The highest BCUT2D eigenvalue weighted by Gasteiger charge is 2.32. The van der Waals surface area contributed by atoms with Crippen molar-refractivity contribution >= 4 is 17.3 Å². The number of hydrogen-bond donors (Lipinski definition) is 2. The minimum atomic E-state index is -1.08. The van der Waals surface area contributed by atoms with E-state index >= 15 is 0 Å². The van der Waals surface area contributed by atoms with Crippen molar-refractivity contribution in [2.45, 2.75) is 50.8 Å². The first-order chi connectivity index (χ1) is 13.8. The zero-order chi connectivity index (χ0) is 20.6. The summed E-state index contributed by atoms with van der Waals surface area (Å²) in [5, 5.41) is 13.9. The lowest BCUT2D eigenvalue weighted by Gasteiger charge is -2.30. The molecule has 7 heteroatoms. The van der Waals surface area contributed by atoms with Crippen LogP contribution in [0.15, 0.2) is 18.2 Å². The smallest absolute Gasteiger partial charge is 0.367 e. The Hall–Kier alpha value is -2.40. The topological polar surface area (TPSA) is 80.7 Å². The molecule has 1 aromatic heterocycles. The number of aliphatic hydroxyl groups is 1. The van der Waals surface area contributed by atoms with Crippen LogP contribution in [0.4, 0.5) is 0 Å². The number of rotatable bonds is 3. The molecule has 1 aliphatic heterocycles. The lowest BCUT2D eigenvalue weighted by atomic mass is 9.92. The Morgan fingerprint density at radius 1 is 1.41 bits per heavy atom. The molecule has 1 saturated carbocycles. The summed E-state index contributed by atoms with van der Waals surface area (Å²) < 4.78 is 11.0. The van der Waals surface area contributed by atoms with E-state index in [9.17, 15) is 9.90 Å². The van der Waals surface area contributed by atoms with Crippen LogP contribution in [0.3, 0.4) is 0 Å². The quantitative estimate of drug-likeness (QED) is 0.595. The number of carbonyl (C=O) groups excluding carboxylic acids is 1. The van der Waals surface area contributed by atoms with E-state index in [1.165, 1.54) is 24.9 Å². The molecule has 2 heterocycles. The average Bonchev–Trinajstić information content (AvgIpc) is 3.04. The molecule has 2 aliphatic rings. The van der Waals surface area contributed by atoms with Crippen molar-refractivity contribution in [1.29, 1.82) is 0 Å². The average molecular weight is 413 g/mol. The number of thiazole rings is 1. The van der Waals surface area contributed by atoms with Gasteiger partial charge in [-0.15, -0.1) is 11.3 Å². The van der Waals surface area contributed by atoms with Gasteiger partial charge >= 0.3 is 5.97 Å². The maximum atomic E-state index is 12.1. The van der Waals surface area contributed by atoms with Crippen molar-refractivity contribution in [1.82, 2.24) is 10.3 Å². The number of carbonyl (C=O) groups is 1. The van der Waals surface area contributed by atoms with Gasteiger partial charge in [0, 0.05) is 17.2 Å². The minimum absolute atomic E-state index is 0.0375. The molecular formula is C22H24N2O4S. The Bertz CT molecular complexity index is 992. The second kappa shape index (κ2) is 7.79. The lowest BCUT2D eigenvalue weighted by molar-refractivity contribution is 0.0600. The first kappa shape index (κ1) is 19.9. The third kappa shape index (κ3) is 4.30. The van der Waals surface area contributed by atoms with Crippen molar-refractivity contribution in [2.75, 3.05) is 13.7 Å².